The molecule has 1 aliphatic rings. The number of benzene rings is 3. The van der Waals surface area contributed by atoms with Gasteiger partial charge in [-0.25, -0.2) is 0 Å². The van der Waals surface area contributed by atoms with Gasteiger partial charge in [-0.05, 0) is 99.7 Å². The van der Waals surface area contributed by atoms with Crippen molar-refractivity contribution in [1.29, 1.82) is 0 Å². The Kier molecular flexibility index (Phi) is 12.8. The molecule has 0 radical (unpaired) electrons. The van der Waals surface area contributed by atoms with Crippen molar-refractivity contribution in [3.63, 3.8) is 0 Å². The summed E-state index contributed by atoms with van der Waals surface area (Å²) in [4.78, 5) is -1.66. The molecule has 3 aromatic carbocycles. The lowest BCUT2D eigenvalue weighted by molar-refractivity contribution is -0.162. The van der Waals surface area contributed by atoms with Crippen LogP contribution in [0, 0.1) is 0 Å². The predicted octanol–water partition coefficient (Wildman–Crippen LogP) is 8.70. The first kappa shape index (κ1) is 29.5. The second-order valence-electron chi connectivity index (χ2n) is 10.2. The molecule has 0 aromatic heterocycles. The van der Waals surface area contributed by atoms with Gasteiger partial charge in [-0.1, -0.05) is 73.5 Å². The Bertz CT molecular complexity index is 1020. The van der Waals surface area contributed by atoms with Gasteiger partial charge in [-0.3, -0.25) is 0 Å². The summed E-state index contributed by atoms with van der Waals surface area (Å²) in [5, 5.41) is 4.28. The lowest BCUT2D eigenvalue weighted by Crippen LogP contribution is -2.26. The standard InChI is InChI=1S/C34H43IO2P/c35-38(31-19-11-8-12-20-31,32-21-13-9-14-22-32)33-26-24-30(25-27-33)18-10-6-4-2-1-3-5-7-16-28-36-34-23-15-17-29-37-34/h2,4,8-9,11-14,19-22,24-27,34H,1,3,5-7,10,15-18,23,28-29H2/q+1/b4-2-. The molecular weight excluding hydrogens is 598 g/mol. The zero-order chi connectivity index (χ0) is 26.3. The second kappa shape index (κ2) is 16.6. The van der Waals surface area contributed by atoms with Crippen LogP contribution < -0.4 is 15.9 Å². The normalized spacial score (nSPS) is 16.2. The van der Waals surface area contributed by atoms with Gasteiger partial charge in [0.15, 0.2) is 33.2 Å². The number of allylic oxidation sites excluding steroid dienone is 2. The van der Waals surface area contributed by atoms with Crippen molar-refractivity contribution in [1.82, 2.24) is 0 Å². The van der Waals surface area contributed by atoms with Crippen LogP contribution in [0.5, 0.6) is 0 Å². The van der Waals surface area contributed by atoms with E-state index in [0.717, 1.165) is 38.9 Å². The molecule has 1 aliphatic heterocycles. The van der Waals surface area contributed by atoms with Crippen molar-refractivity contribution in [2.75, 3.05) is 13.2 Å². The number of unbranched alkanes of at least 4 members (excludes halogenated alkanes) is 5. The smallest absolute Gasteiger partial charge is 0.173 e. The van der Waals surface area contributed by atoms with Gasteiger partial charge in [0.25, 0.3) is 0 Å². The third-order valence-corrected chi connectivity index (χ3v) is 15.3. The Morgan fingerprint density at radius 2 is 1.32 bits per heavy atom. The minimum absolute atomic E-state index is 0.0644. The van der Waals surface area contributed by atoms with Crippen molar-refractivity contribution in [2.45, 2.75) is 76.9 Å². The molecule has 4 heteroatoms. The van der Waals surface area contributed by atoms with Gasteiger partial charge in [-0.2, -0.15) is 0 Å². The number of hydrogen-bond acceptors (Lipinski definition) is 2. The minimum atomic E-state index is -1.66. The van der Waals surface area contributed by atoms with Crippen molar-refractivity contribution in [3.8, 4) is 0 Å². The van der Waals surface area contributed by atoms with E-state index in [0.29, 0.717) is 0 Å². The van der Waals surface area contributed by atoms with E-state index in [-0.39, 0.29) is 6.29 Å². The summed E-state index contributed by atoms with van der Waals surface area (Å²) < 4.78 is 11.4. The predicted molar refractivity (Wildman–Crippen MR) is 174 cm³/mol. The fourth-order valence-corrected chi connectivity index (χ4v) is 10.5. The van der Waals surface area contributed by atoms with E-state index in [1.165, 1.54) is 66.4 Å². The summed E-state index contributed by atoms with van der Waals surface area (Å²) in [5.41, 5.74) is 1.44. The Labute approximate surface area is 244 Å². The highest BCUT2D eigenvalue weighted by Crippen LogP contribution is 2.63. The quantitative estimate of drug-likeness (QED) is 0.0716. The van der Waals surface area contributed by atoms with Crippen molar-refractivity contribution >= 4 is 42.9 Å². The van der Waals surface area contributed by atoms with Crippen LogP contribution in [0.3, 0.4) is 0 Å². The molecule has 2 nitrogen and oxygen atoms in total. The van der Waals surface area contributed by atoms with Gasteiger partial charge < -0.3 is 9.47 Å². The van der Waals surface area contributed by atoms with E-state index in [4.69, 9.17) is 9.47 Å². The van der Waals surface area contributed by atoms with E-state index in [1.54, 1.807) is 0 Å². The van der Waals surface area contributed by atoms with Crippen LogP contribution in [0.2, 0.25) is 0 Å². The molecule has 0 aliphatic carbocycles. The minimum Gasteiger partial charge on any atom is -0.353 e. The molecular formula is C34H43IO2P+. The van der Waals surface area contributed by atoms with Gasteiger partial charge in [0.2, 0.25) is 0 Å². The van der Waals surface area contributed by atoms with Crippen molar-refractivity contribution < 1.29 is 9.47 Å². The van der Waals surface area contributed by atoms with Crippen LogP contribution in [0.1, 0.15) is 69.8 Å². The average Bonchev–Trinajstić information content (AvgIpc) is 2.99. The number of hydrogen-bond donors (Lipinski definition) is 0. The Balaban J connectivity index is 1.14. The summed E-state index contributed by atoms with van der Waals surface area (Å²) in [5.74, 6) is 0. The highest BCUT2D eigenvalue weighted by Gasteiger charge is 2.43. The Morgan fingerprint density at radius 1 is 0.711 bits per heavy atom. The van der Waals surface area contributed by atoms with Crippen LogP contribution in [0.25, 0.3) is 0 Å². The molecule has 1 fully saturated rings. The SMILES string of the molecule is I[P+](c1ccccc1)(c1ccccc1)c1ccc(CCC/C=C\CCCCCCOC2CCCCO2)cc1. The summed E-state index contributed by atoms with van der Waals surface area (Å²) in [6, 6.07) is 31.5. The molecule has 1 saturated heterocycles. The second-order valence-corrected chi connectivity index (χ2v) is 17.2. The van der Waals surface area contributed by atoms with Gasteiger partial charge >= 0.3 is 0 Å². The van der Waals surface area contributed by atoms with Crippen molar-refractivity contribution in [3.05, 3.63) is 103 Å². The third-order valence-electron chi connectivity index (χ3n) is 7.23. The zero-order valence-electron chi connectivity index (χ0n) is 22.6. The number of halogens is 1. The van der Waals surface area contributed by atoms with Crippen LogP contribution >= 0.6 is 26.9 Å². The van der Waals surface area contributed by atoms with E-state index in [1.807, 2.05) is 0 Å². The first-order chi connectivity index (χ1) is 18.8. The molecule has 38 heavy (non-hydrogen) atoms. The highest BCUT2D eigenvalue weighted by molar-refractivity contribution is 14.2. The van der Waals surface area contributed by atoms with Gasteiger partial charge in [0, 0.05) is 13.2 Å². The molecule has 1 atom stereocenters. The van der Waals surface area contributed by atoms with Gasteiger partial charge in [-0.15, -0.1) is 0 Å². The monoisotopic (exact) mass is 641 g/mol. The summed E-state index contributed by atoms with van der Waals surface area (Å²) >= 11 is 2.74. The van der Waals surface area contributed by atoms with E-state index >= 15 is 0 Å². The highest BCUT2D eigenvalue weighted by atomic mass is 127. The Hall–Kier alpha value is -1.52. The molecule has 0 amide bonds. The molecule has 4 rings (SSSR count). The van der Waals surface area contributed by atoms with Crippen LogP contribution in [-0.2, 0) is 15.9 Å². The maximum atomic E-state index is 5.82. The summed E-state index contributed by atoms with van der Waals surface area (Å²) in [7, 11) is 0. The largest absolute Gasteiger partial charge is 0.353 e. The molecule has 202 valence electrons. The summed E-state index contributed by atoms with van der Waals surface area (Å²) in [6.45, 7) is 1.72. The van der Waals surface area contributed by atoms with Gasteiger partial charge in [0.05, 0.1) is 0 Å². The number of aryl methyl sites for hydroxylation is 1. The lowest BCUT2D eigenvalue weighted by Gasteiger charge is -2.22. The molecule has 0 saturated carbocycles. The lowest BCUT2D eigenvalue weighted by atomic mass is 10.1. The fraction of sp³-hybridized carbons (Fsp3) is 0.412. The first-order valence-electron chi connectivity index (χ1n) is 14.4. The van der Waals surface area contributed by atoms with Crippen LogP contribution in [0.15, 0.2) is 97.1 Å². The Morgan fingerprint density at radius 3 is 1.95 bits per heavy atom. The molecule has 1 unspecified atom stereocenters. The topological polar surface area (TPSA) is 18.5 Å². The maximum absolute atomic E-state index is 5.82. The molecule has 0 N–H and O–H groups in total. The fourth-order valence-electron chi connectivity index (χ4n) is 5.02. The summed E-state index contributed by atoms with van der Waals surface area (Å²) in [6.07, 6.45) is 18.0. The van der Waals surface area contributed by atoms with E-state index in [2.05, 4.69) is 119 Å². The molecule has 0 spiro atoms. The molecule has 3 aromatic rings. The molecule has 1 heterocycles. The van der Waals surface area contributed by atoms with E-state index < -0.39 is 4.90 Å². The first-order valence-corrected chi connectivity index (χ1v) is 19.0. The van der Waals surface area contributed by atoms with Gasteiger partial charge in [0.1, 0.15) is 15.9 Å². The van der Waals surface area contributed by atoms with Crippen LogP contribution in [-0.4, -0.2) is 19.5 Å². The number of ether oxygens (including phenoxy) is 2. The molecule has 0 bridgehead atoms. The van der Waals surface area contributed by atoms with Crippen LogP contribution in [0.4, 0.5) is 0 Å². The van der Waals surface area contributed by atoms with Crippen molar-refractivity contribution in [2.24, 2.45) is 0 Å². The zero-order valence-corrected chi connectivity index (χ0v) is 25.7. The number of rotatable bonds is 15. The average molecular weight is 642 g/mol. The third kappa shape index (κ3) is 9.01. The maximum Gasteiger partial charge on any atom is 0.173 e. The van der Waals surface area contributed by atoms with E-state index in [9.17, 15) is 0 Å².